The van der Waals surface area contributed by atoms with E-state index in [0.717, 1.165) is 32.1 Å². The molecule has 5 N–H and O–H groups in total. The summed E-state index contributed by atoms with van der Waals surface area (Å²) in [5.41, 5.74) is 7.36. The van der Waals surface area contributed by atoms with Crippen LogP contribution in [0.5, 0.6) is 0 Å². The van der Waals surface area contributed by atoms with Crippen LogP contribution in [-0.2, 0) is 6.54 Å². The van der Waals surface area contributed by atoms with E-state index in [0.29, 0.717) is 28.4 Å². The topological polar surface area (TPSA) is 78.5 Å². The molecular formula is C23H30BClF2N2O2. The van der Waals surface area contributed by atoms with Crippen LogP contribution in [0.15, 0.2) is 36.4 Å². The molecule has 4 nitrogen and oxygen atoms in total. The lowest BCUT2D eigenvalue weighted by molar-refractivity contribution is 0.122. The summed E-state index contributed by atoms with van der Waals surface area (Å²) >= 11 is 5.88. The van der Waals surface area contributed by atoms with Crippen LogP contribution in [0.4, 0.5) is 8.78 Å². The van der Waals surface area contributed by atoms with Crippen LogP contribution in [0.3, 0.4) is 0 Å². The molecule has 1 unspecified atom stereocenters. The number of nitrogens with two attached hydrogens (primary N) is 1. The van der Waals surface area contributed by atoms with Crippen molar-refractivity contribution < 1.29 is 18.8 Å². The Labute approximate surface area is 188 Å². The zero-order chi connectivity index (χ0) is 22.6. The Bertz CT molecular complexity index is 851. The van der Waals surface area contributed by atoms with Gasteiger partial charge in [0.25, 0.3) is 0 Å². The van der Waals surface area contributed by atoms with Crippen LogP contribution >= 0.6 is 11.6 Å². The van der Waals surface area contributed by atoms with Crippen molar-refractivity contribution in [2.24, 2.45) is 11.7 Å². The molecule has 0 aliphatic heterocycles. The third kappa shape index (κ3) is 6.50. The van der Waals surface area contributed by atoms with Crippen molar-refractivity contribution in [3.05, 3.63) is 58.6 Å². The highest BCUT2D eigenvalue weighted by molar-refractivity contribution is 6.40. The van der Waals surface area contributed by atoms with Crippen molar-refractivity contribution in [1.82, 2.24) is 5.32 Å². The third-order valence-electron chi connectivity index (χ3n) is 6.38. The van der Waals surface area contributed by atoms with E-state index in [1.54, 1.807) is 24.3 Å². The molecule has 0 radical (unpaired) electrons. The first-order valence-electron chi connectivity index (χ1n) is 10.8. The van der Waals surface area contributed by atoms with Gasteiger partial charge in [-0.15, -0.1) is 0 Å². The van der Waals surface area contributed by atoms with Gasteiger partial charge in [-0.3, -0.25) is 0 Å². The molecule has 0 saturated heterocycles. The average molecular weight is 451 g/mol. The zero-order valence-electron chi connectivity index (χ0n) is 17.8. The molecule has 1 aliphatic carbocycles. The van der Waals surface area contributed by atoms with Gasteiger partial charge in [0.05, 0.1) is 0 Å². The van der Waals surface area contributed by atoms with Crippen molar-refractivity contribution in [1.29, 1.82) is 0 Å². The number of benzene rings is 2. The molecule has 0 bridgehead atoms. The van der Waals surface area contributed by atoms with Crippen molar-refractivity contribution in [3.63, 3.8) is 0 Å². The second-order valence-corrected chi connectivity index (χ2v) is 9.34. The first-order valence-corrected chi connectivity index (χ1v) is 11.2. The summed E-state index contributed by atoms with van der Waals surface area (Å²) in [5, 5.41) is 21.7. The normalized spacial score (nSPS) is 20.2. The van der Waals surface area contributed by atoms with Crippen LogP contribution in [0.2, 0.25) is 11.3 Å². The molecule has 1 aliphatic rings. The molecule has 2 aromatic rings. The second kappa shape index (κ2) is 10.4. The fraction of sp³-hybridized carbons (Fsp3) is 0.478. The SMILES string of the molecule is CC(N)(CCCCB(O)O)C1CC(NCc2c(F)cc(-c3ccc(Cl)cc3)cc2F)C1. The van der Waals surface area contributed by atoms with Gasteiger partial charge < -0.3 is 21.1 Å². The number of unbranched alkanes of at least 4 members (excludes halogenated alkanes) is 1. The summed E-state index contributed by atoms with van der Waals surface area (Å²) in [6.45, 7) is 2.16. The molecule has 0 spiro atoms. The highest BCUT2D eigenvalue weighted by atomic mass is 35.5. The largest absolute Gasteiger partial charge is 0.451 e. The minimum Gasteiger partial charge on any atom is -0.427 e. The summed E-state index contributed by atoms with van der Waals surface area (Å²) in [6, 6.07) is 9.74. The Kier molecular flexibility index (Phi) is 8.11. The average Bonchev–Trinajstić information content (AvgIpc) is 2.66. The van der Waals surface area contributed by atoms with E-state index in [1.165, 1.54) is 12.1 Å². The van der Waals surface area contributed by atoms with Crippen LogP contribution in [0, 0.1) is 17.6 Å². The first-order chi connectivity index (χ1) is 14.7. The van der Waals surface area contributed by atoms with E-state index in [1.807, 2.05) is 6.92 Å². The van der Waals surface area contributed by atoms with Crippen molar-refractivity contribution in [2.75, 3.05) is 0 Å². The quantitative estimate of drug-likeness (QED) is 0.317. The highest BCUT2D eigenvalue weighted by Crippen LogP contribution is 2.38. The molecule has 8 heteroatoms. The third-order valence-corrected chi connectivity index (χ3v) is 6.64. The van der Waals surface area contributed by atoms with Gasteiger partial charge in [-0.25, -0.2) is 8.78 Å². The van der Waals surface area contributed by atoms with Gasteiger partial charge in [0.15, 0.2) is 0 Å². The van der Waals surface area contributed by atoms with Crippen LogP contribution in [0.25, 0.3) is 11.1 Å². The summed E-state index contributed by atoms with van der Waals surface area (Å²) in [6.07, 6.45) is 4.47. The molecule has 1 saturated carbocycles. The lowest BCUT2D eigenvalue weighted by atomic mass is 9.67. The lowest BCUT2D eigenvalue weighted by Crippen LogP contribution is -2.54. The van der Waals surface area contributed by atoms with Crippen LogP contribution in [-0.4, -0.2) is 28.7 Å². The monoisotopic (exact) mass is 450 g/mol. The maximum absolute atomic E-state index is 14.6. The van der Waals surface area contributed by atoms with Crippen LogP contribution in [0.1, 0.15) is 44.6 Å². The van der Waals surface area contributed by atoms with E-state index in [9.17, 15) is 8.78 Å². The maximum atomic E-state index is 14.6. The highest BCUT2D eigenvalue weighted by Gasteiger charge is 2.39. The van der Waals surface area contributed by atoms with Gasteiger partial charge >= 0.3 is 7.12 Å². The summed E-state index contributed by atoms with van der Waals surface area (Å²) in [5.74, 6) is -0.794. The van der Waals surface area contributed by atoms with E-state index in [4.69, 9.17) is 27.4 Å². The summed E-state index contributed by atoms with van der Waals surface area (Å²) in [7, 11) is -1.26. The van der Waals surface area contributed by atoms with Gasteiger partial charge in [-0.1, -0.05) is 36.6 Å². The van der Waals surface area contributed by atoms with Gasteiger partial charge in [0.1, 0.15) is 11.6 Å². The molecular weight excluding hydrogens is 421 g/mol. The van der Waals surface area contributed by atoms with Crippen molar-refractivity contribution in [3.8, 4) is 11.1 Å². The fourth-order valence-corrected chi connectivity index (χ4v) is 4.31. The molecule has 3 rings (SSSR count). The number of nitrogens with one attached hydrogen (secondary N) is 1. The fourth-order valence-electron chi connectivity index (χ4n) is 4.19. The van der Waals surface area contributed by atoms with Gasteiger partial charge in [-0.2, -0.15) is 0 Å². The predicted molar refractivity (Wildman–Crippen MR) is 122 cm³/mol. The molecule has 1 fully saturated rings. The smallest absolute Gasteiger partial charge is 0.427 e. The molecule has 0 amide bonds. The van der Waals surface area contributed by atoms with Crippen molar-refractivity contribution in [2.45, 2.75) is 63.5 Å². The molecule has 2 aromatic carbocycles. The Morgan fingerprint density at radius 1 is 1.10 bits per heavy atom. The Balaban J connectivity index is 1.49. The number of hydrogen-bond donors (Lipinski definition) is 4. The lowest BCUT2D eigenvalue weighted by Gasteiger charge is -2.46. The van der Waals surface area contributed by atoms with Gasteiger partial charge in [0.2, 0.25) is 0 Å². The molecule has 0 heterocycles. The predicted octanol–water partition coefficient (Wildman–Crippen LogP) is 4.51. The maximum Gasteiger partial charge on any atom is 0.451 e. The standard InChI is InChI=1S/C23H30BClF2N2O2/c1-23(28,8-2-3-9-24(30)31)17-12-19(13-17)29-14-20-21(26)10-16(11-22(20)27)15-4-6-18(25)7-5-15/h4-7,10-11,17,19,29-31H,2-3,8-9,12-14,28H2,1H3. The van der Waals surface area contributed by atoms with Crippen molar-refractivity contribution >= 4 is 18.7 Å². The molecule has 0 aromatic heterocycles. The number of halogens is 3. The second-order valence-electron chi connectivity index (χ2n) is 8.90. The summed E-state index contributed by atoms with van der Waals surface area (Å²) < 4.78 is 29.2. The van der Waals surface area contributed by atoms with E-state index in [-0.39, 0.29) is 23.7 Å². The van der Waals surface area contributed by atoms with Gasteiger partial charge in [-0.05, 0) is 73.8 Å². The first kappa shape index (κ1) is 24.1. The zero-order valence-corrected chi connectivity index (χ0v) is 18.5. The van der Waals surface area contributed by atoms with E-state index in [2.05, 4.69) is 5.32 Å². The Hall–Kier alpha value is -1.51. The minimum absolute atomic E-state index is 0.0410. The molecule has 31 heavy (non-hydrogen) atoms. The minimum atomic E-state index is -1.26. The number of rotatable bonds is 10. The number of hydrogen-bond acceptors (Lipinski definition) is 4. The van der Waals surface area contributed by atoms with E-state index >= 15 is 0 Å². The molecule has 1 atom stereocenters. The summed E-state index contributed by atoms with van der Waals surface area (Å²) in [4.78, 5) is 0. The Morgan fingerprint density at radius 2 is 1.71 bits per heavy atom. The van der Waals surface area contributed by atoms with E-state index < -0.39 is 18.8 Å². The van der Waals surface area contributed by atoms with Gasteiger partial charge in [0, 0.05) is 28.7 Å². The Morgan fingerprint density at radius 3 is 2.29 bits per heavy atom. The van der Waals surface area contributed by atoms with Crippen LogP contribution < -0.4 is 11.1 Å². The molecule has 168 valence electrons.